The number of hydrogen-bond donors (Lipinski definition) is 1. The third-order valence-electron chi connectivity index (χ3n) is 6.23. The topological polar surface area (TPSA) is 29.5 Å². The van der Waals surface area contributed by atoms with Crippen LogP contribution in [0.1, 0.15) is 75.7 Å². The summed E-state index contributed by atoms with van der Waals surface area (Å²) in [5.41, 5.74) is 0.00278. The van der Waals surface area contributed by atoms with Gasteiger partial charge >= 0.3 is 0 Å². The number of rotatable bonds is 9. The maximum atomic E-state index is 9.34. The average Bonchev–Trinajstić information content (AvgIpc) is 2.34. The van der Waals surface area contributed by atoms with Gasteiger partial charge in [-0.05, 0) is 48.2 Å². The molecule has 3 heteroatoms. The van der Waals surface area contributed by atoms with E-state index in [1.165, 1.54) is 0 Å². The van der Waals surface area contributed by atoms with Crippen molar-refractivity contribution in [2.75, 3.05) is 13.2 Å². The molecule has 0 aromatic heterocycles. The summed E-state index contributed by atoms with van der Waals surface area (Å²) in [5.74, 6) is 0.635. The highest BCUT2D eigenvalue weighted by atomic mass is 16.5. The minimum atomic E-state index is -0.518. The summed E-state index contributed by atoms with van der Waals surface area (Å²) >= 11 is 0. The van der Waals surface area contributed by atoms with Crippen molar-refractivity contribution < 1.29 is 9.84 Å². The van der Waals surface area contributed by atoms with E-state index in [4.69, 9.17) is 12.6 Å². The van der Waals surface area contributed by atoms with Crippen LogP contribution in [0.5, 0.6) is 0 Å². The standard InChI is InChI=1S/C19H39BO2/c1-14(2)16(4,5)12-17(6,7)18(8,9)22-13-19(10,20)15(3)11-21/h14-15,21H,11-13H2,1-10H3. The molecule has 0 amide bonds. The molecule has 2 unspecified atom stereocenters. The van der Waals surface area contributed by atoms with Crippen LogP contribution in [0.4, 0.5) is 0 Å². The Morgan fingerprint density at radius 2 is 1.41 bits per heavy atom. The zero-order valence-electron chi connectivity index (χ0n) is 16.7. The van der Waals surface area contributed by atoms with Crippen molar-refractivity contribution in [1.29, 1.82) is 0 Å². The zero-order valence-corrected chi connectivity index (χ0v) is 16.7. The molecule has 0 aromatic carbocycles. The third-order valence-corrected chi connectivity index (χ3v) is 6.23. The highest BCUT2D eigenvalue weighted by Gasteiger charge is 2.43. The van der Waals surface area contributed by atoms with Gasteiger partial charge in [0.1, 0.15) is 0 Å². The Labute approximate surface area is 140 Å². The Balaban J connectivity index is 4.99. The summed E-state index contributed by atoms with van der Waals surface area (Å²) < 4.78 is 6.27. The van der Waals surface area contributed by atoms with Gasteiger partial charge < -0.3 is 9.84 Å². The molecule has 1 N–H and O–H groups in total. The van der Waals surface area contributed by atoms with Crippen LogP contribution < -0.4 is 0 Å². The first-order valence-corrected chi connectivity index (χ1v) is 8.63. The van der Waals surface area contributed by atoms with Gasteiger partial charge in [-0.3, -0.25) is 0 Å². The normalized spacial score (nSPS) is 18.4. The van der Waals surface area contributed by atoms with Crippen molar-refractivity contribution in [3.63, 3.8) is 0 Å². The minimum absolute atomic E-state index is 0.0125. The Kier molecular flexibility index (Phi) is 7.25. The third kappa shape index (κ3) is 5.56. The fourth-order valence-electron chi connectivity index (χ4n) is 2.44. The van der Waals surface area contributed by atoms with E-state index in [0.29, 0.717) is 12.5 Å². The van der Waals surface area contributed by atoms with Crippen LogP contribution in [0.3, 0.4) is 0 Å². The first kappa shape index (κ1) is 22.0. The Morgan fingerprint density at radius 3 is 1.77 bits per heavy atom. The van der Waals surface area contributed by atoms with E-state index in [0.717, 1.165) is 6.42 Å². The minimum Gasteiger partial charge on any atom is -0.396 e. The Hall–Kier alpha value is -0.0151. The second-order valence-electron chi connectivity index (χ2n) is 9.59. The van der Waals surface area contributed by atoms with E-state index in [2.05, 4.69) is 55.4 Å². The molecule has 0 heterocycles. The van der Waals surface area contributed by atoms with Crippen molar-refractivity contribution in [3.05, 3.63) is 0 Å². The summed E-state index contributed by atoms with van der Waals surface area (Å²) in [4.78, 5) is 0. The van der Waals surface area contributed by atoms with Crippen molar-refractivity contribution in [1.82, 2.24) is 0 Å². The monoisotopic (exact) mass is 310 g/mol. The smallest absolute Gasteiger partial charge is 0.0778 e. The molecule has 0 fully saturated rings. The molecule has 0 saturated carbocycles. The van der Waals surface area contributed by atoms with Crippen molar-refractivity contribution >= 4 is 7.85 Å². The lowest BCUT2D eigenvalue weighted by Gasteiger charge is -2.48. The maximum Gasteiger partial charge on any atom is 0.0778 e. The lowest BCUT2D eigenvalue weighted by Crippen LogP contribution is -2.46. The van der Waals surface area contributed by atoms with Crippen molar-refractivity contribution in [2.24, 2.45) is 22.7 Å². The number of ether oxygens (including phenoxy) is 1. The quantitative estimate of drug-likeness (QED) is 0.617. The van der Waals surface area contributed by atoms with Gasteiger partial charge in [0.15, 0.2) is 0 Å². The van der Waals surface area contributed by atoms with E-state index in [1.807, 2.05) is 13.8 Å². The molecular formula is C19H39BO2. The Morgan fingerprint density at radius 1 is 0.955 bits per heavy atom. The largest absolute Gasteiger partial charge is 0.396 e. The number of hydrogen-bond acceptors (Lipinski definition) is 2. The lowest BCUT2D eigenvalue weighted by molar-refractivity contribution is -0.125. The van der Waals surface area contributed by atoms with Gasteiger partial charge in [-0.2, -0.15) is 0 Å². The van der Waals surface area contributed by atoms with Gasteiger partial charge in [-0.25, -0.2) is 0 Å². The lowest BCUT2D eigenvalue weighted by atomic mass is 9.62. The molecule has 0 spiro atoms. The van der Waals surface area contributed by atoms with Crippen LogP contribution in [-0.2, 0) is 4.74 Å². The van der Waals surface area contributed by atoms with E-state index < -0.39 is 5.31 Å². The second-order valence-corrected chi connectivity index (χ2v) is 9.59. The molecule has 2 atom stereocenters. The molecule has 0 aliphatic carbocycles. The molecule has 0 rings (SSSR count). The molecule has 130 valence electrons. The van der Waals surface area contributed by atoms with E-state index in [-0.39, 0.29) is 29.0 Å². The molecule has 0 bridgehead atoms. The summed E-state index contributed by atoms with van der Waals surface area (Å²) in [7, 11) is 6.31. The molecule has 0 aliphatic heterocycles. The van der Waals surface area contributed by atoms with Gasteiger partial charge in [0.2, 0.25) is 0 Å². The first-order valence-electron chi connectivity index (χ1n) is 8.63. The van der Waals surface area contributed by atoms with Crippen LogP contribution in [0.25, 0.3) is 0 Å². The van der Waals surface area contributed by atoms with Gasteiger partial charge in [-0.1, -0.05) is 55.4 Å². The number of aliphatic hydroxyl groups is 1. The van der Waals surface area contributed by atoms with Crippen LogP contribution in [0.2, 0.25) is 5.31 Å². The summed E-state index contributed by atoms with van der Waals surface area (Å²) in [6.45, 7) is 22.5. The first-order chi connectivity index (χ1) is 9.59. The van der Waals surface area contributed by atoms with Crippen molar-refractivity contribution in [2.45, 2.75) is 86.6 Å². The van der Waals surface area contributed by atoms with Gasteiger partial charge in [-0.15, -0.1) is 0 Å². The average molecular weight is 310 g/mol. The van der Waals surface area contributed by atoms with Crippen LogP contribution in [-0.4, -0.2) is 31.8 Å². The zero-order chi connectivity index (χ0) is 18.0. The van der Waals surface area contributed by atoms with E-state index >= 15 is 0 Å². The van der Waals surface area contributed by atoms with Gasteiger partial charge in [0.05, 0.1) is 13.4 Å². The molecule has 0 aliphatic rings. The predicted molar refractivity (Wildman–Crippen MR) is 97.4 cm³/mol. The highest BCUT2D eigenvalue weighted by molar-refractivity contribution is 6.15. The number of aliphatic hydroxyl groups excluding tert-OH is 1. The fourth-order valence-corrected chi connectivity index (χ4v) is 2.44. The maximum absolute atomic E-state index is 9.34. The second kappa shape index (κ2) is 7.26. The molecular weight excluding hydrogens is 271 g/mol. The van der Waals surface area contributed by atoms with Crippen molar-refractivity contribution in [3.8, 4) is 0 Å². The van der Waals surface area contributed by atoms with E-state index in [1.54, 1.807) is 0 Å². The molecule has 0 saturated heterocycles. The van der Waals surface area contributed by atoms with E-state index in [9.17, 15) is 5.11 Å². The fraction of sp³-hybridized carbons (Fsp3) is 1.00. The molecule has 22 heavy (non-hydrogen) atoms. The summed E-state index contributed by atoms with van der Waals surface area (Å²) in [6.07, 6.45) is 1.08. The summed E-state index contributed by atoms with van der Waals surface area (Å²) in [6, 6.07) is 0. The van der Waals surface area contributed by atoms with Crippen LogP contribution in [0, 0.1) is 22.7 Å². The molecule has 0 aromatic rings. The molecule has 2 nitrogen and oxygen atoms in total. The van der Waals surface area contributed by atoms with Crippen LogP contribution in [0.15, 0.2) is 0 Å². The Bertz CT molecular complexity index is 343. The van der Waals surface area contributed by atoms with Gasteiger partial charge in [0, 0.05) is 13.2 Å². The van der Waals surface area contributed by atoms with Gasteiger partial charge in [0.25, 0.3) is 0 Å². The highest BCUT2D eigenvalue weighted by Crippen LogP contribution is 2.47. The molecule has 2 radical (unpaired) electrons. The predicted octanol–water partition coefficient (Wildman–Crippen LogP) is 4.86. The SMILES string of the molecule is [B]C(C)(COC(C)(C)C(C)(C)CC(C)(C)C(C)C)C(C)CO. The van der Waals surface area contributed by atoms with Crippen LogP contribution >= 0.6 is 0 Å². The summed E-state index contributed by atoms with van der Waals surface area (Å²) in [5, 5.41) is 8.82.